The second kappa shape index (κ2) is 14.0. The van der Waals surface area contributed by atoms with Crippen molar-refractivity contribution in [3.63, 3.8) is 0 Å². The van der Waals surface area contributed by atoms with E-state index in [1.807, 2.05) is 0 Å². The molecule has 0 heterocycles. The van der Waals surface area contributed by atoms with Gasteiger partial charge in [0, 0.05) is 28.1 Å². The third-order valence-corrected chi connectivity index (χ3v) is 11.7. The van der Waals surface area contributed by atoms with E-state index >= 15 is 0 Å². The molecule has 0 fully saturated rings. The summed E-state index contributed by atoms with van der Waals surface area (Å²) in [6.07, 6.45) is 11.5. The van der Waals surface area contributed by atoms with E-state index in [2.05, 4.69) is 205 Å². The van der Waals surface area contributed by atoms with Gasteiger partial charge in [-0.3, -0.25) is 0 Å². The highest BCUT2D eigenvalue weighted by molar-refractivity contribution is 5.95. The van der Waals surface area contributed by atoms with Crippen molar-refractivity contribution >= 4 is 27.8 Å². The Balaban J connectivity index is 0.935. The van der Waals surface area contributed by atoms with E-state index < -0.39 is 0 Å². The third-order valence-electron chi connectivity index (χ3n) is 11.7. The Morgan fingerprint density at radius 3 is 1.85 bits per heavy atom. The lowest BCUT2D eigenvalue weighted by atomic mass is 9.65. The van der Waals surface area contributed by atoms with Crippen molar-refractivity contribution < 1.29 is 0 Å². The zero-order valence-electron chi connectivity index (χ0n) is 30.8. The molecule has 3 aliphatic carbocycles. The molecule has 0 aromatic heterocycles. The van der Waals surface area contributed by atoms with Gasteiger partial charge in [-0.25, -0.2) is 0 Å². The second-order valence-electron chi connectivity index (χ2n) is 14.9. The van der Waals surface area contributed by atoms with Crippen molar-refractivity contribution in [1.82, 2.24) is 0 Å². The fourth-order valence-corrected chi connectivity index (χ4v) is 9.19. The average molecular weight is 707 g/mol. The Bertz CT molecular complexity index is 2630. The van der Waals surface area contributed by atoms with Crippen LogP contribution in [-0.4, -0.2) is 0 Å². The van der Waals surface area contributed by atoms with Crippen LogP contribution in [0.1, 0.15) is 36.8 Å². The Morgan fingerprint density at radius 2 is 1.07 bits per heavy atom. The SMILES string of the molecule is C1=CC2=C(CC1)C1=C(C=C(Nc3cccc(-c4cccc(-c5ccc(Nc6cccc7ccccc67)cc5)c4)c3)CC1)C2(c1ccccc1)c1ccccc1. The van der Waals surface area contributed by atoms with Gasteiger partial charge in [-0.15, -0.1) is 0 Å². The summed E-state index contributed by atoms with van der Waals surface area (Å²) in [6.45, 7) is 0. The second-order valence-corrected chi connectivity index (χ2v) is 14.9. The van der Waals surface area contributed by atoms with Crippen LogP contribution in [0.5, 0.6) is 0 Å². The molecule has 0 aliphatic heterocycles. The lowest BCUT2D eigenvalue weighted by molar-refractivity contribution is 0.736. The first-order chi connectivity index (χ1) is 27.2. The van der Waals surface area contributed by atoms with E-state index in [0.29, 0.717) is 0 Å². The highest BCUT2D eigenvalue weighted by Gasteiger charge is 2.48. The molecule has 55 heavy (non-hydrogen) atoms. The number of fused-ring (bicyclic) bond motifs is 2. The van der Waals surface area contributed by atoms with Gasteiger partial charge in [0.25, 0.3) is 0 Å². The monoisotopic (exact) mass is 706 g/mol. The maximum Gasteiger partial charge on any atom is 0.0707 e. The molecule has 0 saturated carbocycles. The quantitative estimate of drug-likeness (QED) is 0.164. The molecule has 264 valence electrons. The molecular weight excluding hydrogens is 665 g/mol. The summed E-state index contributed by atoms with van der Waals surface area (Å²) in [5, 5.41) is 9.98. The highest BCUT2D eigenvalue weighted by Crippen LogP contribution is 2.58. The number of rotatable bonds is 8. The highest BCUT2D eigenvalue weighted by atomic mass is 14.9. The molecule has 0 radical (unpaired) electrons. The zero-order chi connectivity index (χ0) is 36.6. The van der Waals surface area contributed by atoms with Crippen LogP contribution in [0.4, 0.5) is 17.1 Å². The van der Waals surface area contributed by atoms with Crippen LogP contribution in [-0.2, 0) is 5.41 Å². The predicted octanol–water partition coefficient (Wildman–Crippen LogP) is 14.0. The molecule has 0 saturated heterocycles. The van der Waals surface area contributed by atoms with Crippen LogP contribution in [0.25, 0.3) is 33.0 Å². The van der Waals surface area contributed by atoms with Crippen molar-refractivity contribution in [2.45, 2.75) is 31.1 Å². The molecule has 7 aromatic carbocycles. The fraction of sp³-hybridized carbons (Fsp3) is 0.0943. The lowest BCUT2D eigenvalue weighted by Crippen LogP contribution is -2.31. The van der Waals surface area contributed by atoms with E-state index in [9.17, 15) is 0 Å². The van der Waals surface area contributed by atoms with Crippen molar-refractivity contribution in [2.75, 3.05) is 10.6 Å². The van der Waals surface area contributed by atoms with Crippen LogP contribution >= 0.6 is 0 Å². The van der Waals surface area contributed by atoms with E-state index in [4.69, 9.17) is 0 Å². The van der Waals surface area contributed by atoms with Crippen molar-refractivity contribution in [3.05, 3.63) is 233 Å². The Labute approximate surface area is 323 Å². The van der Waals surface area contributed by atoms with Crippen LogP contribution in [0.15, 0.2) is 222 Å². The van der Waals surface area contributed by atoms with Crippen LogP contribution in [0.2, 0.25) is 0 Å². The minimum Gasteiger partial charge on any atom is -0.359 e. The van der Waals surface area contributed by atoms with E-state index in [1.165, 1.54) is 61.0 Å². The maximum atomic E-state index is 3.89. The Hall–Kier alpha value is -6.64. The summed E-state index contributed by atoms with van der Waals surface area (Å²) in [5.41, 5.74) is 17.7. The number of anilines is 3. The van der Waals surface area contributed by atoms with Crippen LogP contribution < -0.4 is 10.6 Å². The molecule has 0 amide bonds. The van der Waals surface area contributed by atoms with Crippen molar-refractivity contribution in [2.24, 2.45) is 0 Å². The van der Waals surface area contributed by atoms with Gasteiger partial charge < -0.3 is 10.6 Å². The number of hydrogen-bond donors (Lipinski definition) is 2. The molecule has 2 heteroatoms. The summed E-state index contributed by atoms with van der Waals surface area (Å²) in [5.74, 6) is 0. The van der Waals surface area contributed by atoms with Gasteiger partial charge >= 0.3 is 0 Å². The number of nitrogens with one attached hydrogen (secondary N) is 2. The summed E-state index contributed by atoms with van der Waals surface area (Å²) in [6, 6.07) is 63.7. The molecular formula is C53H42N2. The molecule has 0 atom stereocenters. The molecule has 0 spiro atoms. The summed E-state index contributed by atoms with van der Waals surface area (Å²) in [4.78, 5) is 0. The maximum absolute atomic E-state index is 3.89. The van der Waals surface area contributed by atoms with E-state index in [1.54, 1.807) is 11.1 Å². The average Bonchev–Trinajstić information content (AvgIpc) is 3.55. The minimum absolute atomic E-state index is 0.329. The summed E-state index contributed by atoms with van der Waals surface area (Å²) in [7, 11) is 0. The Morgan fingerprint density at radius 1 is 0.436 bits per heavy atom. The van der Waals surface area contributed by atoms with Gasteiger partial charge in [0.1, 0.15) is 0 Å². The number of allylic oxidation sites excluding steroid dienone is 8. The summed E-state index contributed by atoms with van der Waals surface area (Å²) >= 11 is 0. The van der Waals surface area contributed by atoms with Gasteiger partial charge in [0.15, 0.2) is 0 Å². The first-order valence-electron chi connectivity index (χ1n) is 19.5. The van der Waals surface area contributed by atoms with Gasteiger partial charge in [-0.05, 0) is 129 Å². The molecule has 7 aromatic rings. The number of benzene rings is 7. The van der Waals surface area contributed by atoms with Crippen LogP contribution in [0, 0.1) is 0 Å². The van der Waals surface area contributed by atoms with Crippen molar-refractivity contribution in [3.8, 4) is 22.3 Å². The number of hydrogen-bond acceptors (Lipinski definition) is 2. The summed E-state index contributed by atoms with van der Waals surface area (Å²) < 4.78 is 0. The smallest absolute Gasteiger partial charge is 0.0707 e. The predicted molar refractivity (Wildman–Crippen MR) is 232 cm³/mol. The molecule has 0 unspecified atom stereocenters. The molecule has 2 nitrogen and oxygen atoms in total. The standard InChI is InChI=1S/C53H42N2/c1-3-19-42(20-4-1)53(43-21-5-2-6-22-43)50-26-10-9-25-48(50)49-33-32-46(36-51(49)53)54-45-23-12-18-41(35-45)40-17-11-16-39(34-40)37-28-30-44(31-29-37)55-52-27-13-15-38-14-7-8-24-47(38)52/h1-8,10-24,26-31,34-36,54-55H,9,25,32-33H2. The Kier molecular flexibility index (Phi) is 8.37. The van der Waals surface area contributed by atoms with Gasteiger partial charge in [-0.1, -0.05) is 152 Å². The van der Waals surface area contributed by atoms with E-state index in [0.717, 1.165) is 42.7 Å². The molecule has 2 N–H and O–H groups in total. The molecule has 10 rings (SSSR count). The topological polar surface area (TPSA) is 24.1 Å². The molecule has 3 aliphatic rings. The fourth-order valence-electron chi connectivity index (χ4n) is 9.19. The normalized spacial score (nSPS) is 15.7. The lowest BCUT2D eigenvalue weighted by Gasteiger charge is -2.37. The van der Waals surface area contributed by atoms with Crippen molar-refractivity contribution in [1.29, 1.82) is 0 Å². The van der Waals surface area contributed by atoms with Gasteiger partial charge in [0.05, 0.1) is 5.41 Å². The first-order valence-corrected chi connectivity index (χ1v) is 19.5. The van der Waals surface area contributed by atoms with Crippen LogP contribution in [0.3, 0.4) is 0 Å². The third kappa shape index (κ3) is 5.91. The van der Waals surface area contributed by atoms with Gasteiger partial charge in [0.2, 0.25) is 0 Å². The largest absolute Gasteiger partial charge is 0.359 e. The minimum atomic E-state index is -0.329. The molecule has 0 bridgehead atoms. The first kappa shape index (κ1) is 33.0. The van der Waals surface area contributed by atoms with E-state index in [-0.39, 0.29) is 5.41 Å². The zero-order valence-corrected chi connectivity index (χ0v) is 30.8. The van der Waals surface area contributed by atoms with Gasteiger partial charge in [-0.2, -0.15) is 0 Å².